The highest BCUT2D eigenvalue weighted by molar-refractivity contribution is 6.39. The Balaban J connectivity index is 1.49. The fraction of sp³-hybridized carbons (Fsp3) is 0.0400. The third-order valence-corrected chi connectivity index (χ3v) is 4.96. The number of anilines is 1. The average Bonchev–Trinajstić information content (AvgIpc) is 2.82. The fourth-order valence-corrected chi connectivity index (χ4v) is 3.27. The molecule has 8 nitrogen and oxygen atoms in total. The number of carboxylic acids is 1. The maximum Gasteiger partial charge on any atom is 0.335 e. The first kappa shape index (κ1) is 22.4. The second kappa shape index (κ2) is 9.37. The molecule has 0 radical (unpaired) electrons. The van der Waals surface area contributed by atoms with Gasteiger partial charge in [-0.3, -0.25) is 14.9 Å². The van der Waals surface area contributed by atoms with Gasteiger partial charge in [0.15, 0.2) is 0 Å². The Bertz CT molecular complexity index is 1320. The number of amides is 4. The summed E-state index contributed by atoms with van der Waals surface area (Å²) in [4.78, 5) is 49.2. The summed E-state index contributed by atoms with van der Waals surface area (Å²) in [7, 11) is 0. The lowest BCUT2D eigenvalue weighted by atomic mass is 10.1. The van der Waals surface area contributed by atoms with Crippen LogP contribution >= 0.6 is 0 Å². The number of hydrogen-bond acceptors (Lipinski definition) is 5. The quantitative estimate of drug-likeness (QED) is 0.428. The van der Waals surface area contributed by atoms with Gasteiger partial charge < -0.3 is 9.84 Å². The fourth-order valence-electron chi connectivity index (χ4n) is 3.27. The van der Waals surface area contributed by atoms with Crippen molar-refractivity contribution in [1.29, 1.82) is 0 Å². The van der Waals surface area contributed by atoms with E-state index in [-0.39, 0.29) is 23.4 Å². The lowest BCUT2D eigenvalue weighted by Crippen LogP contribution is -2.54. The van der Waals surface area contributed by atoms with E-state index in [1.54, 1.807) is 36.4 Å². The van der Waals surface area contributed by atoms with Crippen molar-refractivity contribution in [2.24, 2.45) is 0 Å². The molecule has 9 heteroatoms. The van der Waals surface area contributed by atoms with E-state index >= 15 is 0 Å². The second-order valence-electron chi connectivity index (χ2n) is 7.30. The van der Waals surface area contributed by atoms with Crippen molar-refractivity contribution in [3.05, 3.63) is 101 Å². The monoisotopic (exact) mass is 460 g/mol. The van der Waals surface area contributed by atoms with Gasteiger partial charge in [0.1, 0.15) is 23.7 Å². The zero-order valence-electron chi connectivity index (χ0n) is 17.5. The first-order valence-electron chi connectivity index (χ1n) is 10.0. The summed E-state index contributed by atoms with van der Waals surface area (Å²) in [5, 5.41) is 11.2. The number of benzene rings is 3. The standard InChI is InChI=1S/C25H17FN2O6/c26-18-6-8-19(9-7-18)28-23(30)21(22(29)27-25(28)33)13-15-4-10-20(11-5-15)34-14-16-2-1-3-17(12-16)24(31)32/h1-13H,14H2,(H,31,32)(H,27,29,33)/b21-13+. The molecule has 3 aromatic rings. The van der Waals surface area contributed by atoms with Crippen LogP contribution in [-0.4, -0.2) is 28.9 Å². The van der Waals surface area contributed by atoms with Crippen molar-refractivity contribution >= 4 is 35.6 Å². The van der Waals surface area contributed by atoms with E-state index in [4.69, 9.17) is 9.84 Å². The number of hydrogen-bond donors (Lipinski definition) is 2. The number of aromatic carboxylic acids is 1. The number of barbiturate groups is 1. The number of nitrogens with zero attached hydrogens (tertiary/aromatic N) is 1. The molecule has 170 valence electrons. The summed E-state index contributed by atoms with van der Waals surface area (Å²) in [6.07, 6.45) is 1.33. The maximum atomic E-state index is 13.2. The SMILES string of the molecule is O=C1NC(=O)N(c2ccc(F)cc2)C(=O)/C1=C/c1ccc(OCc2cccc(C(=O)O)c2)cc1. The van der Waals surface area contributed by atoms with Crippen LogP contribution in [0.25, 0.3) is 6.08 Å². The molecule has 0 unspecified atom stereocenters. The van der Waals surface area contributed by atoms with Gasteiger partial charge >= 0.3 is 12.0 Å². The molecule has 1 fully saturated rings. The number of rotatable bonds is 6. The number of nitrogens with one attached hydrogen (secondary N) is 1. The van der Waals surface area contributed by atoms with E-state index in [2.05, 4.69) is 5.32 Å². The molecule has 0 aliphatic carbocycles. The summed E-state index contributed by atoms with van der Waals surface area (Å²) >= 11 is 0. The molecule has 1 aliphatic heterocycles. The topological polar surface area (TPSA) is 113 Å². The van der Waals surface area contributed by atoms with Gasteiger partial charge in [-0.25, -0.2) is 18.9 Å². The van der Waals surface area contributed by atoms with Crippen molar-refractivity contribution in [3.8, 4) is 5.75 Å². The van der Waals surface area contributed by atoms with Crippen molar-refractivity contribution in [2.45, 2.75) is 6.61 Å². The summed E-state index contributed by atoms with van der Waals surface area (Å²) in [5.41, 5.74) is 1.21. The van der Waals surface area contributed by atoms with Gasteiger partial charge in [-0.1, -0.05) is 24.3 Å². The number of ether oxygens (including phenoxy) is 1. The number of carbonyl (C=O) groups is 4. The van der Waals surface area contributed by atoms with Gasteiger partial charge in [0.25, 0.3) is 11.8 Å². The highest BCUT2D eigenvalue weighted by Crippen LogP contribution is 2.23. The van der Waals surface area contributed by atoms with Gasteiger partial charge in [0.05, 0.1) is 11.3 Å². The number of halogens is 1. The number of carbonyl (C=O) groups excluding carboxylic acids is 3. The van der Waals surface area contributed by atoms with Crippen molar-refractivity contribution < 1.29 is 33.4 Å². The Morgan fingerprint density at radius 1 is 1.00 bits per heavy atom. The molecule has 0 saturated carbocycles. The number of carboxylic acid groups (broad SMARTS) is 1. The molecule has 4 amide bonds. The lowest BCUT2D eigenvalue weighted by molar-refractivity contribution is -0.122. The van der Waals surface area contributed by atoms with Crippen LogP contribution in [0.15, 0.2) is 78.4 Å². The van der Waals surface area contributed by atoms with Gasteiger partial charge in [0, 0.05) is 0 Å². The lowest BCUT2D eigenvalue weighted by Gasteiger charge is -2.26. The number of imide groups is 2. The zero-order valence-corrected chi connectivity index (χ0v) is 17.5. The normalized spacial score (nSPS) is 14.8. The first-order valence-corrected chi connectivity index (χ1v) is 10.0. The number of urea groups is 1. The van der Waals surface area contributed by atoms with E-state index in [1.807, 2.05) is 0 Å². The highest BCUT2D eigenvalue weighted by atomic mass is 19.1. The summed E-state index contributed by atoms with van der Waals surface area (Å²) in [6.45, 7) is 0.150. The van der Waals surface area contributed by atoms with Crippen LogP contribution in [0.3, 0.4) is 0 Å². The van der Waals surface area contributed by atoms with Crippen LogP contribution in [0.1, 0.15) is 21.5 Å². The van der Waals surface area contributed by atoms with Crippen molar-refractivity contribution in [3.63, 3.8) is 0 Å². The molecule has 1 aliphatic rings. The Hall–Kier alpha value is -4.79. The molecular formula is C25H17FN2O6. The molecule has 0 spiro atoms. The second-order valence-corrected chi connectivity index (χ2v) is 7.30. The summed E-state index contributed by atoms with van der Waals surface area (Å²) in [6, 6.07) is 16.7. The Labute approximate surface area is 192 Å². The molecule has 34 heavy (non-hydrogen) atoms. The van der Waals surface area contributed by atoms with Gasteiger partial charge in [0.2, 0.25) is 0 Å². The van der Waals surface area contributed by atoms with Crippen LogP contribution in [0, 0.1) is 5.82 Å². The van der Waals surface area contributed by atoms with Crippen LogP contribution in [0.4, 0.5) is 14.9 Å². The van der Waals surface area contributed by atoms with Crippen molar-refractivity contribution in [1.82, 2.24) is 5.32 Å². The molecule has 1 heterocycles. The Morgan fingerprint density at radius 3 is 2.38 bits per heavy atom. The molecule has 0 bridgehead atoms. The molecule has 0 atom stereocenters. The van der Waals surface area contributed by atoms with Crippen LogP contribution in [0.2, 0.25) is 0 Å². The predicted molar refractivity (Wildman–Crippen MR) is 120 cm³/mol. The van der Waals surface area contributed by atoms with E-state index in [0.29, 0.717) is 16.9 Å². The highest BCUT2D eigenvalue weighted by Gasteiger charge is 2.36. The smallest absolute Gasteiger partial charge is 0.335 e. The summed E-state index contributed by atoms with van der Waals surface area (Å²) < 4.78 is 18.9. The van der Waals surface area contributed by atoms with Crippen LogP contribution in [0.5, 0.6) is 5.75 Å². The minimum absolute atomic E-state index is 0.123. The van der Waals surface area contributed by atoms with Gasteiger partial charge in [-0.15, -0.1) is 0 Å². The van der Waals surface area contributed by atoms with Crippen LogP contribution in [-0.2, 0) is 16.2 Å². The summed E-state index contributed by atoms with van der Waals surface area (Å²) in [5.74, 6) is -2.74. The van der Waals surface area contributed by atoms with Crippen molar-refractivity contribution in [2.75, 3.05) is 4.90 Å². The third kappa shape index (κ3) is 4.83. The predicted octanol–water partition coefficient (Wildman–Crippen LogP) is 3.77. The molecule has 1 saturated heterocycles. The molecule has 3 aromatic carbocycles. The minimum Gasteiger partial charge on any atom is -0.489 e. The van der Waals surface area contributed by atoms with E-state index < -0.39 is 29.6 Å². The van der Waals surface area contributed by atoms with Gasteiger partial charge in [-0.2, -0.15) is 0 Å². The molecule has 0 aromatic heterocycles. The largest absolute Gasteiger partial charge is 0.489 e. The van der Waals surface area contributed by atoms with E-state index in [1.165, 1.54) is 30.3 Å². The molecule has 4 rings (SSSR count). The Kier molecular flexibility index (Phi) is 6.18. The minimum atomic E-state index is -1.03. The van der Waals surface area contributed by atoms with E-state index in [9.17, 15) is 23.6 Å². The van der Waals surface area contributed by atoms with Gasteiger partial charge in [-0.05, 0) is 65.7 Å². The first-order chi connectivity index (χ1) is 16.3. The average molecular weight is 460 g/mol. The van der Waals surface area contributed by atoms with Crippen LogP contribution < -0.4 is 15.0 Å². The zero-order chi connectivity index (χ0) is 24.2. The van der Waals surface area contributed by atoms with E-state index in [0.717, 1.165) is 17.0 Å². The molecule has 2 N–H and O–H groups in total. The Morgan fingerprint density at radius 2 is 1.71 bits per heavy atom. The maximum absolute atomic E-state index is 13.2. The molecular weight excluding hydrogens is 443 g/mol. The third-order valence-electron chi connectivity index (χ3n) is 4.96.